The van der Waals surface area contributed by atoms with Crippen LogP contribution in [0.25, 0.3) is 10.8 Å². The molecule has 2 bridgehead atoms. The number of benzene rings is 3. The second-order valence-corrected chi connectivity index (χ2v) is 8.31. The molecule has 2 unspecified atom stereocenters. The van der Waals surface area contributed by atoms with E-state index in [1.807, 2.05) is 18.2 Å². The second-order valence-electron chi connectivity index (χ2n) is 8.31. The standard InChI is InChI=1S/C25H27NO3/c1-28-23-12-11-19-9-5-6-10-22(19)24(23)25(27)13-20-16-29-17-21(14-25)26(20)15-18-7-3-2-4-8-18/h2-12,20-21,27H,13-17H2,1H3. The Morgan fingerprint density at radius 1 is 0.966 bits per heavy atom. The van der Waals surface area contributed by atoms with Gasteiger partial charge in [-0.15, -0.1) is 0 Å². The lowest BCUT2D eigenvalue weighted by Gasteiger charge is -2.52. The number of piperidine rings is 1. The summed E-state index contributed by atoms with van der Waals surface area (Å²) >= 11 is 0. The number of morpholine rings is 1. The minimum Gasteiger partial charge on any atom is -0.496 e. The van der Waals surface area contributed by atoms with E-state index in [-0.39, 0.29) is 12.1 Å². The van der Waals surface area contributed by atoms with E-state index in [0.717, 1.165) is 28.6 Å². The zero-order chi connectivity index (χ0) is 19.8. The van der Waals surface area contributed by atoms with Gasteiger partial charge >= 0.3 is 0 Å². The fourth-order valence-corrected chi connectivity index (χ4v) is 5.20. The van der Waals surface area contributed by atoms with Crippen LogP contribution < -0.4 is 4.74 Å². The summed E-state index contributed by atoms with van der Waals surface area (Å²) in [6.45, 7) is 2.19. The van der Waals surface area contributed by atoms with Crippen LogP contribution in [-0.2, 0) is 16.9 Å². The molecule has 0 spiro atoms. The number of hydrogen-bond acceptors (Lipinski definition) is 4. The summed E-state index contributed by atoms with van der Waals surface area (Å²) in [5.74, 6) is 0.765. The van der Waals surface area contributed by atoms with Gasteiger partial charge in [0.15, 0.2) is 0 Å². The number of methoxy groups -OCH3 is 1. The van der Waals surface area contributed by atoms with Gasteiger partial charge < -0.3 is 14.6 Å². The van der Waals surface area contributed by atoms with Crippen LogP contribution in [0.2, 0.25) is 0 Å². The molecule has 29 heavy (non-hydrogen) atoms. The molecule has 3 aromatic rings. The SMILES string of the molecule is COc1ccc2ccccc2c1C1(O)CC2COCC(C1)N2Cc1ccccc1. The summed E-state index contributed by atoms with van der Waals surface area (Å²) in [7, 11) is 1.69. The highest BCUT2D eigenvalue weighted by Gasteiger charge is 2.48. The number of hydrogen-bond donors (Lipinski definition) is 1. The molecule has 2 saturated heterocycles. The number of aliphatic hydroxyl groups is 1. The van der Waals surface area contributed by atoms with Crippen molar-refractivity contribution in [2.24, 2.45) is 0 Å². The number of rotatable bonds is 4. The summed E-state index contributed by atoms with van der Waals surface area (Å²) in [4.78, 5) is 2.52. The van der Waals surface area contributed by atoms with Gasteiger partial charge in [0.2, 0.25) is 0 Å². The van der Waals surface area contributed by atoms with E-state index in [1.54, 1.807) is 7.11 Å². The molecule has 0 radical (unpaired) electrons. The first-order chi connectivity index (χ1) is 14.2. The Balaban J connectivity index is 1.53. The van der Waals surface area contributed by atoms with E-state index in [9.17, 15) is 5.11 Å². The average Bonchev–Trinajstić information content (AvgIpc) is 2.74. The Morgan fingerprint density at radius 2 is 1.66 bits per heavy atom. The van der Waals surface area contributed by atoms with Crippen molar-refractivity contribution in [1.29, 1.82) is 0 Å². The maximum atomic E-state index is 12.0. The van der Waals surface area contributed by atoms with E-state index in [2.05, 4.69) is 53.4 Å². The molecule has 1 N–H and O–H groups in total. The maximum absolute atomic E-state index is 12.0. The topological polar surface area (TPSA) is 41.9 Å². The Morgan fingerprint density at radius 3 is 2.38 bits per heavy atom. The van der Waals surface area contributed by atoms with Gasteiger partial charge in [-0.2, -0.15) is 0 Å². The quantitative estimate of drug-likeness (QED) is 0.730. The highest BCUT2D eigenvalue weighted by Crippen LogP contribution is 2.47. The molecule has 2 aliphatic heterocycles. The van der Waals surface area contributed by atoms with Crippen LogP contribution in [0.15, 0.2) is 66.7 Å². The van der Waals surface area contributed by atoms with Crippen molar-refractivity contribution >= 4 is 10.8 Å². The van der Waals surface area contributed by atoms with E-state index in [4.69, 9.17) is 9.47 Å². The molecule has 2 fully saturated rings. The molecule has 0 saturated carbocycles. The molecule has 4 nitrogen and oxygen atoms in total. The number of nitrogens with zero attached hydrogens (tertiary/aromatic N) is 1. The van der Waals surface area contributed by atoms with Crippen LogP contribution in [0.4, 0.5) is 0 Å². The molecule has 0 aromatic heterocycles. The first kappa shape index (κ1) is 18.6. The Kier molecular flexibility index (Phi) is 4.78. The molecule has 5 rings (SSSR count). The monoisotopic (exact) mass is 389 g/mol. The zero-order valence-corrected chi connectivity index (χ0v) is 16.8. The van der Waals surface area contributed by atoms with Gasteiger partial charge in [0, 0.05) is 24.2 Å². The molecule has 4 heteroatoms. The first-order valence-corrected chi connectivity index (χ1v) is 10.3. The Hall–Kier alpha value is -2.40. The third kappa shape index (κ3) is 3.31. The second kappa shape index (κ2) is 7.45. The van der Waals surface area contributed by atoms with Crippen LogP contribution in [0.3, 0.4) is 0 Å². The third-order valence-electron chi connectivity index (χ3n) is 6.49. The fourth-order valence-electron chi connectivity index (χ4n) is 5.20. The summed E-state index contributed by atoms with van der Waals surface area (Å²) in [6, 6.07) is 23.2. The summed E-state index contributed by atoms with van der Waals surface area (Å²) in [6.07, 6.45) is 1.28. The van der Waals surface area contributed by atoms with Crippen LogP contribution in [0.5, 0.6) is 5.75 Å². The Bertz CT molecular complexity index is 989. The van der Waals surface area contributed by atoms with Crippen LogP contribution >= 0.6 is 0 Å². The zero-order valence-electron chi connectivity index (χ0n) is 16.8. The molecule has 2 atom stereocenters. The van der Waals surface area contributed by atoms with Crippen molar-refractivity contribution in [3.63, 3.8) is 0 Å². The van der Waals surface area contributed by atoms with E-state index >= 15 is 0 Å². The smallest absolute Gasteiger partial charge is 0.125 e. The third-order valence-corrected chi connectivity index (χ3v) is 6.49. The van der Waals surface area contributed by atoms with Gasteiger partial charge in [-0.05, 0) is 35.2 Å². The fraction of sp³-hybridized carbons (Fsp3) is 0.360. The lowest BCUT2D eigenvalue weighted by atomic mass is 9.75. The number of fused-ring (bicyclic) bond motifs is 3. The van der Waals surface area contributed by atoms with E-state index in [1.165, 1.54) is 5.56 Å². The highest BCUT2D eigenvalue weighted by atomic mass is 16.5. The molecular weight excluding hydrogens is 362 g/mol. The Labute approximate surface area is 171 Å². The lowest BCUT2D eigenvalue weighted by molar-refractivity contribution is -0.149. The minimum absolute atomic E-state index is 0.177. The van der Waals surface area contributed by atoms with Gasteiger partial charge in [-0.25, -0.2) is 0 Å². The molecule has 3 aromatic carbocycles. The van der Waals surface area contributed by atoms with Gasteiger partial charge in [0.25, 0.3) is 0 Å². The highest BCUT2D eigenvalue weighted by molar-refractivity contribution is 5.88. The van der Waals surface area contributed by atoms with Gasteiger partial charge in [0.05, 0.1) is 25.9 Å². The van der Waals surface area contributed by atoms with Crippen molar-refractivity contribution < 1.29 is 14.6 Å². The van der Waals surface area contributed by atoms with E-state index in [0.29, 0.717) is 26.1 Å². The summed E-state index contributed by atoms with van der Waals surface area (Å²) < 4.78 is 11.6. The van der Waals surface area contributed by atoms with Crippen LogP contribution in [0, 0.1) is 0 Å². The molecule has 2 aliphatic rings. The largest absolute Gasteiger partial charge is 0.496 e. The molecule has 0 amide bonds. The normalized spacial score (nSPS) is 27.1. The van der Waals surface area contributed by atoms with Crippen molar-refractivity contribution in [3.8, 4) is 5.75 Å². The van der Waals surface area contributed by atoms with Gasteiger partial charge in [-0.3, -0.25) is 4.90 Å². The molecule has 0 aliphatic carbocycles. The molecule has 150 valence electrons. The maximum Gasteiger partial charge on any atom is 0.125 e. The van der Waals surface area contributed by atoms with Gasteiger partial charge in [-0.1, -0.05) is 60.7 Å². The van der Waals surface area contributed by atoms with Gasteiger partial charge in [0.1, 0.15) is 5.75 Å². The number of ether oxygens (including phenoxy) is 2. The van der Waals surface area contributed by atoms with Crippen molar-refractivity contribution in [1.82, 2.24) is 4.90 Å². The predicted octanol–water partition coefficient (Wildman–Crippen LogP) is 4.10. The summed E-state index contributed by atoms with van der Waals surface area (Å²) in [5, 5.41) is 14.2. The first-order valence-electron chi connectivity index (χ1n) is 10.3. The average molecular weight is 389 g/mol. The van der Waals surface area contributed by atoms with Crippen LogP contribution in [-0.4, -0.2) is 42.4 Å². The minimum atomic E-state index is -0.932. The van der Waals surface area contributed by atoms with E-state index < -0.39 is 5.60 Å². The lowest BCUT2D eigenvalue weighted by Crippen LogP contribution is -2.60. The predicted molar refractivity (Wildman–Crippen MR) is 114 cm³/mol. The molecule has 2 heterocycles. The van der Waals surface area contributed by atoms with Crippen LogP contribution in [0.1, 0.15) is 24.0 Å². The van der Waals surface area contributed by atoms with Crippen molar-refractivity contribution in [3.05, 3.63) is 77.9 Å². The molecular formula is C25H27NO3. The van der Waals surface area contributed by atoms with Crippen molar-refractivity contribution in [2.75, 3.05) is 20.3 Å². The van der Waals surface area contributed by atoms with Crippen molar-refractivity contribution in [2.45, 2.75) is 37.1 Å². The summed E-state index contributed by atoms with van der Waals surface area (Å²) in [5.41, 5.74) is 1.30.